The second-order valence-electron chi connectivity index (χ2n) is 5.29. The maximum absolute atomic E-state index is 10.8. The van der Waals surface area contributed by atoms with Gasteiger partial charge in [0.1, 0.15) is 6.61 Å². The van der Waals surface area contributed by atoms with Crippen molar-refractivity contribution in [3.8, 4) is 0 Å². The Morgan fingerprint density at radius 2 is 1.17 bits per heavy atom. The van der Waals surface area contributed by atoms with E-state index in [-0.39, 0.29) is 35.8 Å². The predicted octanol–water partition coefficient (Wildman–Crippen LogP) is 1.89. The van der Waals surface area contributed by atoms with Gasteiger partial charge in [-0.1, -0.05) is 29.7 Å². The van der Waals surface area contributed by atoms with E-state index in [1.807, 2.05) is 11.9 Å². The van der Waals surface area contributed by atoms with Crippen LogP contribution in [0.5, 0.6) is 0 Å². The van der Waals surface area contributed by atoms with Gasteiger partial charge in [-0.15, -0.1) is 0 Å². The number of hydrogen-bond donors (Lipinski definition) is 0. The molecule has 3 heterocycles. The molecule has 3 aliphatic heterocycles. The van der Waals surface area contributed by atoms with Crippen LogP contribution in [-0.2, 0) is 14.6 Å². The molecular formula is C16H41N3O4S. The van der Waals surface area contributed by atoms with Gasteiger partial charge in [0.15, 0.2) is 9.84 Å². The van der Waals surface area contributed by atoms with Crippen molar-refractivity contribution in [2.45, 2.75) is 29.7 Å². The van der Waals surface area contributed by atoms with Crippen LogP contribution < -0.4 is 0 Å². The fourth-order valence-electron chi connectivity index (χ4n) is 1.38. The van der Waals surface area contributed by atoms with Crippen molar-refractivity contribution >= 4 is 15.9 Å². The summed E-state index contributed by atoms with van der Waals surface area (Å²) >= 11 is 0. The van der Waals surface area contributed by atoms with E-state index in [0.29, 0.717) is 31.2 Å². The van der Waals surface area contributed by atoms with Crippen LogP contribution in [0.25, 0.3) is 0 Å². The van der Waals surface area contributed by atoms with Crippen LogP contribution >= 0.6 is 0 Å². The average molecular weight is 372 g/mol. The number of carbonyl (C=O) groups is 1. The molecule has 0 radical (unpaired) electrons. The van der Waals surface area contributed by atoms with E-state index in [2.05, 4.69) is 16.7 Å². The van der Waals surface area contributed by atoms with Gasteiger partial charge in [-0.25, -0.2) is 13.2 Å². The molecule has 8 heteroatoms. The van der Waals surface area contributed by atoms with Crippen LogP contribution in [0.3, 0.4) is 0 Å². The van der Waals surface area contributed by atoms with Crippen LogP contribution in [0.4, 0.5) is 4.79 Å². The van der Waals surface area contributed by atoms with Crippen molar-refractivity contribution in [3.05, 3.63) is 0 Å². The van der Waals surface area contributed by atoms with Crippen molar-refractivity contribution in [1.29, 1.82) is 0 Å². The highest BCUT2D eigenvalue weighted by molar-refractivity contribution is 7.91. The lowest BCUT2D eigenvalue weighted by Crippen LogP contribution is -2.37. The van der Waals surface area contributed by atoms with Gasteiger partial charge in [-0.2, -0.15) is 0 Å². The summed E-state index contributed by atoms with van der Waals surface area (Å²) in [5.41, 5.74) is 0. The topological polar surface area (TPSA) is 69.9 Å². The Morgan fingerprint density at radius 1 is 0.792 bits per heavy atom. The van der Waals surface area contributed by atoms with Crippen molar-refractivity contribution < 1.29 is 17.9 Å². The lowest BCUT2D eigenvalue weighted by molar-refractivity contribution is 0.163. The Bertz CT molecular complexity index is 398. The molecule has 3 fully saturated rings. The normalized spacial score (nSPS) is 20.8. The van der Waals surface area contributed by atoms with Crippen molar-refractivity contribution in [2.24, 2.45) is 0 Å². The van der Waals surface area contributed by atoms with E-state index >= 15 is 0 Å². The minimum absolute atomic E-state index is 0. The second kappa shape index (κ2) is 14.5. The summed E-state index contributed by atoms with van der Waals surface area (Å²) in [6, 6.07) is 0. The molecule has 0 aromatic rings. The number of rotatable bonds is 0. The molecule has 0 bridgehead atoms. The maximum atomic E-state index is 10.8. The van der Waals surface area contributed by atoms with Crippen molar-refractivity contribution in [2.75, 3.05) is 72.0 Å². The number of nitrogens with zero attached hydrogens (tertiary/aromatic N) is 3. The number of carbonyl (C=O) groups excluding carboxylic acids is 1. The quantitative estimate of drug-likeness (QED) is 0.606. The Hall–Kier alpha value is -0.860. The van der Waals surface area contributed by atoms with E-state index in [0.717, 1.165) is 6.54 Å². The Morgan fingerprint density at radius 3 is 1.33 bits per heavy atom. The largest absolute Gasteiger partial charge is 0.448 e. The first-order valence-electron chi connectivity index (χ1n) is 6.75. The Kier molecular flexibility index (Phi) is 18.7. The molecule has 0 aliphatic carbocycles. The first-order chi connectivity index (χ1) is 9.30. The van der Waals surface area contributed by atoms with E-state index < -0.39 is 9.84 Å². The highest BCUT2D eigenvalue weighted by Crippen LogP contribution is 1.99. The summed E-state index contributed by atoms with van der Waals surface area (Å²) in [6.45, 7) is 5.32. The minimum atomic E-state index is -2.66. The zero-order valence-corrected chi connectivity index (χ0v) is 13.4. The monoisotopic (exact) mass is 371 g/mol. The fraction of sp³-hybridized carbons (Fsp3) is 0.938. The molecule has 24 heavy (non-hydrogen) atoms. The van der Waals surface area contributed by atoms with E-state index in [9.17, 15) is 13.2 Å². The molecule has 150 valence electrons. The third-order valence-corrected chi connectivity index (χ3v) is 4.81. The van der Waals surface area contributed by atoms with Gasteiger partial charge in [0.05, 0.1) is 18.1 Å². The van der Waals surface area contributed by atoms with E-state index in [1.54, 1.807) is 11.9 Å². The van der Waals surface area contributed by atoms with Gasteiger partial charge in [0, 0.05) is 33.2 Å². The molecule has 0 unspecified atom stereocenters. The molecule has 3 rings (SSSR count). The summed E-state index contributed by atoms with van der Waals surface area (Å²) in [4.78, 5) is 16.1. The van der Waals surface area contributed by atoms with Gasteiger partial charge in [0.2, 0.25) is 0 Å². The standard InChI is InChI=1S/C5H11NO2S.C4H7NO2.C3H7N.4CH4/c1-6-2-4-9(7,8)5-3-6;1-5-2-3-7-4(5)6;1-4-2-3-4;;;;/h2-5H2,1H3;2-3H2,1H3;2-3H2,1H3;4*1H4. The summed E-state index contributed by atoms with van der Waals surface area (Å²) in [6.07, 6.45) is -0.208. The van der Waals surface area contributed by atoms with Crippen LogP contribution in [0.2, 0.25) is 0 Å². The van der Waals surface area contributed by atoms with Gasteiger partial charge < -0.3 is 19.4 Å². The number of cyclic esters (lactones) is 1. The van der Waals surface area contributed by atoms with Crippen molar-refractivity contribution in [1.82, 2.24) is 14.7 Å². The number of amides is 1. The predicted molar refractivity (Wildman–Crippen MR) is 105 cm³/mol. The molecule has 0 aromatic heterocycles. The van der Waals surface area contributed by atoms with Crippen LogP contribution in [0, 0.1) is 0 Å². The SMILES string of the molecule is C.C.C.C.CN1CC1.CN1CCOC1=O.CN1CCS(=O)(=O)CC1. The third-order valence-electron chi connectivity index (χ3n) is 3.20. The lowest BCUT2D eigenvalue weighted by Gasteiger charge is -2.21. The highest BCUT2D eigenvalue weighted by atomic mass is 32.2. The van der Waals surface area contributed by atoms with Crippen molar-refractivity contribution in [3.63, 3.8) is 0 Å². The molecule has 7 nitrogen and oxygen atoms in total. The molecule has 0 saturated carbocycles. The summed E-state index contributed by atoms with van der Waals surface area (Å²) < 4.78 is 26.1. The Labute approximate surface area is 150 Å². The van der Waals surface area contributed by atoms with E-state index in [1.165, 1.54) is 13.1 Å². The number of sulfone groups is 1. The second-order valence-corrected chi connectivity index (χ2v) is 7.60. The number of likely N-dealkylation sites (N-methyl/N-ethyl adjacent to an activating group) is 2. The lowest BCUT2D eigenvalue weighted by atomic mass is 10.6. The first-order valence-corrected chi connectivity index (χ1v) is 8.58. The molecule has 0 atom stereocenters. The summed E-state index contributed by atoms with van der Waals surface area (Å²) in [5, 5.41) is 0. The minimum Gasteiger partial charge on any atom is -0.448 e. The third kappa shape index (κ3) is 14.7. The van der Waals surface area contributed by atoms with Gasteiger partial charge >= 0.3 is 6.09 Å². The molecular weight excluding hydrogens is 330 g/mol. The van der Waals surface area contributed by atoms with Crippen LogP contribution in [0.15, 0.2) is 0 Å². The van der Waals surface area contributed by atoms with E-state index in [4.69, 9.17) is 0 Å². The highest BCUT2D eigenvalue weighted by Gasteiger charge is 2.18. The Balaban J connectivity index is -0.000000121. The molecule has 0 aromatic carbocycles. The molecule has 0 N–H and O–H groups in total. The van der Waals surface area contributed by atoms with Crippen LogP contribution in [0.1, 0.15) is 29.7 Å². The van der Waals surface area contributed by atoms with Gasteiger partial charge in [-0.3, -0.25) is 0 Å². The van der Waals surface area contributed by atoms with Gasteiger partial charge in [0.25, 0.3) is 0 Å². The molecule has 1 amide bonds. The first kappa shape index (κ1) is 31.0. The number of hydrogen-bond acceptors (Lipinski definition) is 6. The molecule has 3 saturated heterocycles. The zero-order valence-electron chi connectivity index (χ0n) is 12.5. The zero-order chi connectivity index (χ0) is 15.2. The summed E-state index contributed by atoms with van der Waals surface area (Å²) in [7, 11) is 3.11. The number of ether oxygens (including phenoxy) is 1. The fourth-order valence-corrected chi connectivity index (χ4v) is 2.76. The van der Waals surface area contributed by atoms with Crippen LogP contribution in [-0.4, -0.2) is 101 Å². The molecule has 0 spiro atoms. The average Bonchev–Trinajstić information content (AvgIpc) is 3.08. The maximum Gasteiger partial charge on any atom is 0.409 e. The van der Waals surface area contributed by atoms with Gasteiger partial charge in [-0.05, 0) is 14.1 Å². The molecule has 3 aliphatic rings. The summed E-state index contributed by atoms with van der Waals surface area (Å²) in [5.74, 6) is 0.674. The smallest absolute Gasteiger partial charge is 0.409 e.